The molecule has 0 spiro atoms. The third kappa shape index (κ3) is 3.09. The lowest BCUT2D eigenvalue weighted by atomic mass is 10.1. The van der Waals surface area contributed by atoms with Crippen molar-refractivity contribution in [1.29, 1.82) is 0 Å². The van der Waals surface area contributed by atoms with Crippen molar-refractivity contribution in [2.75, 3.05) is 10.6 Å². The van der Waals surface area contributed by atoms with Gasteiger partial charge in [-0.15, -0.1) is 0 Å². The maximum Gasteiger partial charge on any atom is 0.257 e. The lowest BCUT2D eigenvalue weighted by molar-refractivity contribution is 0.577. The first kappa shape index (κ1) is 16.1. The second-order valence-corrected chi connectivity index (χ2v) is 6.31. The highest BCUT2D eigenvalue weighted by atomic mass is 16.1. The van der Waals surface area contributed by atoms with Gasteiger partial charge in [-0.05, 0) is 37.1 Å². The molecule has 4 rings (SSSR count). The van der Waals surface area contributed by atoms with Crippen molar-refractivity contribution >= 4 is 17.6 Å². The molecule has 0 amide bonds. The summed E-state index contributed by atoms with van der Waals surface area (Å²) < 4.78 is 1.57. The van der Waals surface area contributed by atoms with Gasteiger partial charge in [-0.3, -0.25) is 14.7 Å². The van der Waals surface area contributed by atoms with Crippen molar-refractivity contribution in [2.24, 2.45) is 4.99 Å². The average Bonchev–Trinajstić information content (AvgIpc) is 2.61. The lowest BCUT2D eigenvalue weighted by Crippen LogP contribution is -2.37. The summed E-state index contributed by atoms with van der Waals surface area (Å²) in [7, 11) is 0. The second-order valence-electron chi connectivity index (χ2n) is 6.31. The normalized spacial score (nSPS) is 15.6. The van der Waals surface area contributed by atoms with E-state index in [2.05, 4.69) is 15.6 Å². The van der Waals surface area contributed by atoms with Gasteiger partial charge in [0.1, 0.15) is 0 Å². The summed E-state index contributed by atoms with van der Waals surface area (Å²) in [6.07, 6.45) is -0.472. The average molecular weight is 345 g/mol. The molecule has 6 nitrogen and oxygen atoms in total. The van der Waals surface area contributed by atoms with Crippen LogP contribution in [0.15, 0.2) is 70.5 Å². The minimum atomic E-state index is -0.472. The van der Waals surface area contributed by atoms with Gasteiger partial charge >= 0.3 is 0 Å². The van der Waals surface area contributed by atoms with Gasteiger partial charge in [0.25, 0.3) is 5.56 Å². The molecule has 0 aliphatic carbocycles. The number of aliphatic imine (C=N–C) groups is 1. The minimum Gasteiger partial charge on any atom is -0.326 e. The summed E-state index contributed by atoms with van der Waals surface area (Å²) >= 11 is 0. The van der Waals surface area contributed by atoms with Gasteiger partial charge in [-0.25, -0.2) is 9.98 Å². The molecular formula is C20H19N5O. The molecule has 26 heavy (non-hydrogen) atoms. The molecule has 2 N–H and O–H groups in total. The van der Waals surface area contributed by atoms with Gasteiger partial charge in [0.15, 0.2) is 6.17 Å². The van der Waals surface area contributed by atoms with Crippen LogP contribution >= 0.6 is 0 Å². The van der Waals surface area contributed by atoms with Crippen LogP contribution in [0.1, 0.15) is 23.0 Å². The number of hydrogen-bond acceptors (Lipinski definition) is 5. The second kappa shape index (κ2) is 6.48. The predicted octanol–water partition coefficient (Wildman–Crippen LogP) is 3.30. The van der Waals surface area contributed by atoms with Crippen LogP contribution in [-0.2, 0) is 0 Å². The number of nitrogens with zero attached hydrogens (tertiary/aromatic N) is 3. The van der Waals surface area contributed by atoms with E-state index in [0.29, 0.717) is 17.6 Å². The van der Waals surface area contributed by atoms with E-state index in [1.54, 1.807) is 11.5 Å². The van der Waals surface area contributed by atoms with Crippen LogP contribution < -0.4 is 16.2 Å². The zero-order valence-electron chi connectivity index (χ0n) is 14.6. The zero-order valence-corrected chi connectivity index (χ0v) is 14.6. The molecule has 0 fully saturated rings. The number of rotatable bonds is 2. The number of fused-ring (bicyclic) bond motifs is 1. The fourth-order valence-corrected chi connectivity index (χ4v) is 3.02. The molecule has 130 valence electrons. The summed E-state index contributed by atoms with van der Waals surface area (Å²) in [4.78, 5) is 21.8. The molecule has 1 atom stereocenters. The highest BCUT2D eigenvalue weighted by Crippen LogP contribution is 2.25. The number of guanidine groups is 1. The molecule has 2 heterocycles. The molecule has 1 aromatic heterocycles. The fraction of sp³-hybridized carbons (Fsp3) is 0.150. The third-order valence-corrected chi connectivity index (χ3v) is 4.18. The summed E-state index contributed by atoms with van der Waals surface area (Å²) in [6, 6.07) is 19.3. The van der Waals surface area contributed by atoms with Gasteiger partial charge in [0.05, 0.1) is 0 Å². The molecule has 0 saturated carbocycles. The molecular weight excluding hydrogens is 326 g/mol. The Morgan fingerprint density at radius 3 is 2.62 bits per heavy atom. The smallest absolute Gasteiger partial charge is 0.257 e. The summed E-state index contributed by atoms with van der Waals surface area (Å²) in [5.41, 5.74) is 3.53. The van der Waals surface area contributed by atoms with E-state index in [-0.39, 0.29) is 5.56 Å². The van der Waals surface area contributed by atoms with E-state index in [9.17, 15) is 4.79 Å². The van der Waals surface area contributed by atoms with Crippen molar-refractivity contribution in [1.82, 2.24) is 9.55 Å². The molecule has 0 radical (unpaired) electrons. The van der Waals surface area contributed by atoms with Crippen molar-refractivity contribution in [3.63, 3.8) is 0 Å². The standard InChI is InChI=1S/C20H19N5O/c1-13-7-6-10-16(11-13)22-19-23-18(15-8-4-3-5-9-15)25-17(26)12-14(2)21-20(25)24-19/h3-12,18H,1-2H3,(H2,21,22,23,24)/t18-/m0/s1. The number of hydrogen-bond donors (Lipinski definition) is 2. The number of aromatic nitrogens is 2. The maximum absolute atomic E-state index is 12.6. The molecule has 0 bridgehead atoms. The minimum absolute atomic E-state index is 0.132. The van der Waals surface area contributed by atoms with Crippen LogP contribution in [0.25, 0.3) is 0 Å². The Labute approximate surface area is 151 Å². The van der Waals surface area contributed by atoms with Crippen molar-refractivity contribution in [3.05, 3.63) is 87.8 Å². The first-order valence-corrected chi connectivity index (χ1v) is 8.44. The van der Waals surface area contributed by atoms with Crippen molar-refractivity contribution in [3.8, 4) is 0 Å². The zero-order chi connectivity index (χ0) is 18.1. The predicted molar refractivity (Wildman–Crippen MR) is 104 cm³/mol. The fourth-order valence-electron chi connectivity index (χ4n) is 3.02. The number of anilines is 2. The van der Waals surface area contributed by atoms with Crippen LogP contribution in [0.3, 0.4) is 0 Å². The molecule has 2 aromatic carbocycles. The number of benzene rings is 2. The highest BCUT2D eigenvalue weighted by Gasteiger charge is 2.24. The van der Waals surface area contributed by atoms with Gasteiger partial charge in [-0.2, -0.15) is 0 Å². The summed E-state index contributed by atoms with van der Waals surface area (Å²) in [5.74, 6) is 1.04. The van der Waals surface area contributed by atoms with Crippen LogP contribution in [0.4, 0.5) is 11.6 Å². The SMILES string of the molecule is Cc1cccc(NC2=N[C@H](c3ccccc3)n3c(nc(C)cc3=O)N2)c1. The van der Waals surface area contributed by atoms with Crippen LogP contribution in [0.2, 0.25) is 0 Å². The lowest BCUT2D eigenvalue weighted by Gasteiger charge is -2.27. The Bertz CT molecular complexity index is 1040. The van der Waals surface area contributed by atoms with Gasteiger partial charge in [-0.1, -0.05) is 42.5 Å². The van der Waals surface area contributed by atoms with Crippen LogP contribution in [0.5, 0.6) is 0 Å². The van der Waals surface area contributed by atoms with Crippen LogP contribution in [-0.4, -0.2) is 15.5 Å². The quantitative estimate of drug-likeness (QED) is 0.747. The number of nitrogens with one attached hydrogen (secondary N) is 2. The Morgan fingerprint density at radius 2 is 1.85 bits per heavy atom. The van der Waals surface area contributed by atoms with Crippen molar-refractivity contribution in [2.45, 2.75) is 20.0 Å². The first-order chi connectivity index (χ1) is 12.6. The van der Waals surface area contributed by atoms with E-state index in [1.165, 1.54) is 6.07 Å². The Morgan fingerprint density at radius 1 is 1.04 bits per heavy atom. The Kier molecular flexibility index (Phi) is 4.01. The molecule has 0 saturated heterocycles. The van der Waals surface area contributed by atoms with Gasteiger partial charge < -0.3 is 5.32 Å². The third-order valence-electron chi connectivity index (χ3n) is 4.18. The molecule has 1 aliphatic heterocycles. The van der Waals surface area contributed by atoms with Gasteiger partial charge in [0, 0.05) is 17.4 Å². The monoisotopic (exact) mass is 345 g/mol. The molecule has 1 aliphatic rings. The van der Waals surface area contributed by atoms with Crippen LogP contribution in [0, 0.1) is 13.8 Å². The van der Waals surface area contributed by atoms with E-state index in [0.717, 1.165) is 16.8 Å². The summed E-state index contributed by atoms with van der Waals surface area (Å²) in [5, 5.41) is 6.42. The maximum atomic E-state index is 12.6. The number of aryl methyl sites for hydroxylation is 2. The Balaban J connectivity index is 1.79. The highest BCUT2D eigenvalue weighted by molar-refractivity contribution is 6.03. The van der Waals surface area contributed by atoms with E-state index >= 15 is 0 Å². The molecule has 0 unspecified atom stereocenters. The Hall–Kier alpha value is -3.41. The largest absolute Gasteiger partial charge is 0.326 e. The first-order valence-electron chi connectivity index (χ1n) is 8.44. The molecule has 6 heteroatoms. The topological polar surface area (TPSA) is 71.3 Å². The molecule has 3 aromatic rings. The summed E-state index contributed by atoms with van der Waals surface area (Å²) in [6.45, 7) is 3.84. The van der Waals surface area contributed by atoms with Gasteiger partial charge in [0.2, 0.25) is 11.9 Å². The van der Waals surface area contributed by atoms with E-state index in [1.807, 2.05) is 61.5 Å². The van der Waals surface area contributed by atoms with E-state index < -0.39 is 6.17 Å². The van der Waals surface area contributed by atoms with Crippen molar-refractivity contribution < 1.29 is 0 Å². The van der Waals surface area contributed by atoms with E-state index in [4.69, 9.17) is 4.99 Å².